The van der Waals surface area contributed by atoms with E-state index in [-0.39, 0.29) is 18.2 Å². The van der Waals surface area contributed by atoms with Gasteiger partial charge in [0.2, 0.25) is 15.9 Å². The fourth-order valence-corrected chi connectivity index (χ4v) is 5.31. The summed E-state index contributed by atoms with van der Waals surface area (Å²) in [4.78, 5) is 13.0. The van der Waals surface area contributed by atoms with E-state index in [4.69, 9.17) is 4.74 Å². The van der Waals surface area contributed by atoms with Gasteiger partial charge >= 0.3 is 0 Å². The van der Waals surface area contributed by atoms with E-state index in [1.54, 1.807) is 0 Å². The second kappa shape index (κ2) is 8.06. The predicted octanol–water partition coefficient (Wildman–Crippen LogP) is 1.59. The molecule has 2 aliphatic rings. The Labute approximate surface area is 156 Å². The number of nitrogens with one attached hydrogen (secondary N) is 1. The zero-order chi connectivity index (χ0) is 18.6. The summed E-state index contributed by atoms with van der Waals surface area (Å²) in [6.07, 6.45) is 3.68. The smallest absolute Gasteiger partial charge is 0.230 e. The molecule has 0 radical (unpaired) electrons. The number of morpholine rings is 1. The summed E-state index contributed by atoms with van der Waals surface area (Å²) in [7, 11) is -3.36. The molecule has 1 N–H and O–H groups in total. The van der Waals surface area contributed by atoms with Crippen LogP contribution in [0.4, 0.5) is 0 Å². The van der Waals surface area contributed by atoms with E-state index in [9.17, 15) is 13.2 Å². The summed E-state index contributed by atoms with van der Waals surface area (Å²) in [5, 5.41) is 2.90. The van der Waals surface area contributed by atoms with E-state index in [1.165, 1.54) is 4.31 Å². The highest BCUT2D eigenvalue weighted by atomic mass is 32.2. The van der Waals surface area contributed by atoms with Gasteiger partial charge in [0.05, 0.1) is 24.4 Å². The van der Waals surface area contributed by atoms with E-state index >= 15 is 0 Å². The van der Waals surface area contributed by atoms with Crippen LogP contribution in [-0.4, -0.2) is 57.2 Å². The fourth-order valence-electron chi connectivity index (χ4n) is 3.98. The van der Waals surface area contributed by atoms with Crippen molar-refractivity contribution in [2.24, 2.45) is 0 Å². The molecule has 0 aromatic heterocycles. The van der Waals surface area contributed by atoms with Crippen molar-refractivity contribution in [2.75, 3.05) is 38.6 Å². The van der Waals surface area contributed by atoms with Gasteiger partial charge in [-0.1, -0.05) is 42.7 Å². The first-order valence-corrected chi connectivity index (χ1v) is 11.0. The summed E-state index contributed by atoms with van der Waals surface area (Å²) in [6, 6.07) is 8.11. The Morgan fingerprint density at radius 2 is 1.92 bits per heavy atom. The summed E-state index contributed by atoms with van der Waals surface area (Å²) in [5.41, 5.74) is 1.66. The van der Waals surface area contributed by atoms with Gasteiger partial charge in [0.1, 0.15) is 0 Å². The monoisotopic (exact) mass is 380 g/mol. The molecule has 144 valence electrons. The zero-order valence-electron chi connectivity index (χ0n) is 15.4. The Balaban J connectivity index is 1.64. The molecule has 1 aliphatic heterocycles. The van der Waals surface area contributed by atoms with Crippen molar-refractivity contribution in [3.8, 4) is 0 Å². The Hall–Kier alpha value is -1.44. The molecule has 7 heteroatoms. The van der Waals surface area contributed by atoms with Crippen molar-refractivity contribution >= 4 is 15.9 Å². The standard InChI is InChI=1S/C19H28N2O4S/c1-16-5-4-6-17(15-16)19(7-2-3-8-19)18(22)20-9-14-26(23,24)21-10-12-25-13-11-21/h4-6,15H,2-3,7-14H2,1H3,(H,20,22). The van der Waals surface area contributed by atoms with Crippen molar-refractivity contribution < 1.29 is 17.9 Å². The molecule has 1 saturated carbocycles. The van der Waals surface area contributed by atoms with Crippen LogP contribution in [0.15, 0.2) is 24.3 Å². The van der Waals surface area contributed by atoms with Crippen LogP contribution in [0.5, 0.6) is 0 Å². The molecular formula is C19H28N2O4S. The molecule has 1 aromatic carbocycles. The quantitative estimate of drug-likeness (QED) is 0.813. The maximum Gasteiger partial charge on any atom is 0.230 e. The minimum absolute atomic E-state index is 0.0437. The van der Waals surface area contributed by atoms with E-state index in [2.05, 4.69) is 11.4 Å². The van der Waals surface area contributed by atoms with Gasteiger partial charge in [0, 0.05) is 19.6 Å². The van der Waals surface area contributed by atoms with Crippen LogP contribution in [-0.2, 0) is 25.0 Å². The molecule has 6 nitrogen and oxygen atoms in total. The van der Waals surface area contributed by atoms with Gasteiger partial charge in [-0.05, 0) is 25.3 Å². The van der Waals surface area contributed by atoms with Crippen LogP contribution >= 0.6 is 0 Å². The minimum atomic E-state index is -3.36. The van der Waals surface area contributed by atoms with Gasteiger partial charge in [-0.2, -0.15) is 4.31 Å². The van der Waals surface area contributed by atoms with Gasteiger partial charge in [-0.25, -0.2) is 8.42 Å². The van der Waals surface area contributed by atoms with Crippen molar-refractivity contribution in [2.45, 2.75) is 38.0 Å². The number of sulfonamides is 1. The molecule has 0 atom stereocenters. The van der Waals surface area contributed by atoms with Crippen molar-refractivity contribution in [1.29, 1.82) is 0 Å². The second-order valence-corrected chi connectivity index (χ2v) is 9.33. The number of ether oxygens (including phenoxy) is 1. The lowest BCUT2D eigenvalue weighted by Crippen LogP contribution is -2.47. The van der Waals surface area contributed by atoms with E-state index in [0.29, 0.717) is 26.3 Å². The minimum Gasteiger partial charge on any atom is -0.379 e. The molecule has 1 heterocycles. The van der Waals surface area contributed by atoms with Crippen molar-refractivity contribution in [3.05, 3.63) is 35.4 Å². The number of hydrogen-bond donors (Lipinski definition) is 1. The average Bonchev–Trinajstić information content (AvgIpc) is 3.13. The number of hydrogen-bond acceptors (Lipinski definition) is 4. The number of aryl methyl sites for hydroxylation is 1. The van der Waals surface area contributed by atoms with Crippen LogP contribution in [0.3, 0.4) is 0 Å². The van der Waals surface area contributed by atoms with Gasteiger partial charge in [-0.3, -0.25) is 4.79 Å². The molecule has 1 saturated heterocycles. The van der Waals surface area contributed by atoms with Crippen LogP contribution < -0.4 is 5.32 Å². The summed E-state index contributed by atoms with van der Waals surface area (Å²) in [6.45, 7) is 3.82. The van der Waals surface area contributed by atoms with Crippen LogP contribution in [0.2, 0.25) is 0 Å². The lowest BCUT2D eigenvalue weighted by atomic mass is 9.77. The average molecular weight is 381 g/mol. The SMILES string of the molecule is Cc1cccc(C2(C(=O)NCCS(=O)(=O)N3CCOCC3)CCCC2)c1. The molecule has 0 unspecified atom stereocenters. The number of benzene rings is 1. The van der Waals surface area contributed by atoms with Crippen LogP contribution in [0, 0.1) is 6.92 Å². The van der Waals surface area contributed by atoms with Gasteiger partial charge < -0.3 is 10.1 Å². The highest BCUT2D eigenvalue weighted by Gasteiger charge is 2.42. The molecule has 26 heavy (non-hydrogen) atoms. The molecule has 1 aromatic rings. The first-order valence-electron chi connectivity index (χ1n) is 9.35. The number of carbonyl (C=O) groups is 1. The Morgan fingerprint density at radius 1 is 1.23 bits per heavy atom. The predicted molar refractivity (Wildman–Crippen MR) is 101 cm³/mol. The first kappa shape index (κ1) is 19.3. The molecule has 1 aliphatic carbocycles. The zero-order valence-corrected chi connectivity index (χ0v) is 16.2. The molecule has 2 fully saturated rings. The van der Waals surface area contributed by atoms with Gasteiger partial charge in [-0.15, -0.1) is 0 Å². The third-order valence-corrected chi connectivity index (χ3v) is 7.34. The topological polar surface area (TPSA) is 75.7 Å². The van der Waals surface area contributed by atoms with Crippen molar-refractivity contribution in [3.63, 3.8) is 0 Å². The maximum absolute atomic E-state index is 13.0. The number of amides is 1. The van der Waals surface area contributed by atoms with Crippen LogP contribution in [0.25, 0.3) is 0 Å². The molecule has 1 amide bonds. The highest BCUT2D eigenvalue weighted by molar-refractivity contribution is 7.89. The Bertz CT molecular complexity index is 736. The third kappa shape index (κ3) is 4.10. The van der Waals surface area contributed by atoms with Gasteiger partial charge in [0.25, 0.3) is 0 Å². The lowest BCUT2D eigenvalue weighted by molar-refractivity contribution is -0.126. The molecule has 3 rings (SSSR count). The third-order valence-electron chi connectivity index (χ3n) is 5.47. The molecule has 0 spiro atoms. The number of carbonyl (C=O) groups excluding carboxylic acids is 1. The fraction of sp³-hybridized carbons (Fsp3) is 0.632. The molecular weight excluding hydrogens is 352 g/mol. The van der Waals surface area contributed by atoms with Crippen LogP contribution in [0.1, 0.15) is 36.8 Å². The van der Waals surface area contributed by atoms with Gasteiger partial charge in [0.15, 0.2) is 0 Å². The normalized spacial score (nSPS) is 20.8. The Kier molecular flexibility index (Phi) is 5.99. The lowest BCUT2D eigenvalue weighted by Gasteiger charge is -2.29. The highest BCUT2D eigenvalue weighted by Crippen LogP contribution is 2.41. The summed E-state index contributed by atoms with van der Waals surface area (Å²) >= 11 is 0. The van der Waals surface area contributed by atoms with E-state index in [1.807, 2.05) is 25.1 Å². The summed E-state index contributed by atoms with van der Waals surface area (Å²) < 4.78 is 31.5. The number of rotatable bonds is 6. The molecule has 0 bridgehead atoms. The largest absolute Gasteiger partial charge is 0.379 e. The summed E-state index contributed by atoms with van der Waals surface area (Å²) in [5.74, 6) is -0.111. The Morgan fingerprint density at radius 3 is 2.58 bits per heavy atom. The number of nitrogens with zero attached hydrogens (tertiary/aromatic N) is 1. The van der Waals surface area contributed by atoms with E-state index < -0.39 is 15.4 Å². The maximum atomic E-state index is 13.0. The van der Waals surface area contributed by atoms with E-state index in [0.717, 1.165) is 36.8 Å². The van der Waals surface area contributed by atoms with Crippen molar-refractivity contribution in [1.82, 2.24) is 9.62 Å². The first-order chi connectivity index (χ1) is 12.4. The second-order valence-electron chi connectivity index (χ2n) is 7.24.